The first kappa shape index (κ1) is 25.6. The van der Waals surface area contributed by atoms with Gasteiger partial charge >= 0.3 is 0 Å². The van der Waals surface area contributed by atoms with Crippen LogP contribution in [0.2, 0.25) is 0 Å². The summed E-state index contributed by atoms with van der Waals surface area (Å²) in [5.74, 6) is 2.43. The molecule has 1 fully saturated rings. The quantitative estimate of drug-likeness (QED) is 0.320. The number of nitrogens with one attached hydrogen (secondary N) is 2. The molecule has 0 amide bonds. The molecule has 1 aliphatic rings. The molecule has 172 valence electrons. The summed E-state index contributed by atoms with van der Waals surface area (Å²) in [4.78, 5) is 8.88. The highest BCUT2D eigenvalue weighted by Crippen LogP contribution is 2.23. The standard InChI is InChI=1S/C21H31N5O3S.HI/c1-15-6-5-11-26(14-15)30(27,28)19-9-7-18(8-10-19)12-23-21(22-4)24-13-20-25-16(2)17(3)29-20;/h7-10,15H,5-6,11-14H2,1-4H3,(H2,22,23,24);1H. The van der Waals surface area contributed by atoms with Crippen molar-refractivity contribution in [1.29, 1.82) is 0 Å². The van der Waals surface area contributed by atoms with E-state index in [1.165, 1.54) is 0 Å². The third kappa shape index (κ3) is 6.66. The van der Waals surface area contributed by atoms with E-state index in [4.69, 9.17) is 4.42 Å². The van der Waals surface area contributed by atoms with Gasteiger partial charge in [0, 0.05) is 26.7 Å². The second kappa shape index (κ2) is 11.3. The number of aromatic nitrogens is 1. The predicted octanol–water partition coefficient (Wildman–Crippen LogP) is 3.20. The molecule has 0 aliphatic carbocycles. The summed E-state index contributed by atoms with van der Waals surface area (Å²) in [5, 5.41) is 6.37. The molecular formula is C21H32IN5O3S. The fourth-order valence-corrected chi connectivity index (χ4v) is 5.07. The predicted molar refractivity (Wildman–Crippen MR) is 132 cm³/mol. The summed E-state index contributed by atoms with van der Waals surface area (Å²) in [5.41, 5.74) is 1.84. The van der Waals surface area contributed by atoms with Crippen LogP contribution in [0.25, 0.3) is 0 Å². The minimum absolute atomic E-state index is 0. The number of halogens is 1. The van der Waals surface area contributed by atoms with Crippen molar-refractivity contribution in [2.24, 2.45) is 10.9 Å². The number of sulfonamides is 1. The molecule has 0 radical (unpaired) electrons. The van der Waals surface area contributed by atoms with Gasteiger partial charge in [-0.15, -0.1) is 24.0 Å². The number of piperidine rings is 1. The molecule has 31 heavy (non-hydrogen) atoms. The van der Waals surface area contributed by atoms with Gasteiger partial charge in [0.2, 0.25) is 15.9 Å². The van der Waals surface area contributed by atoms with Crippen molar-refractivity contribution < 1.29 is 12.8 Å². The van der Waals surface area contributed by atoms with Gasteiger partial charge in [0.15, 0.2) is 5.96 Å². The van der Waals surface area contributed by atoms with Crippen molar-refractivity contribution in [3.05, 3.63) is 47.2 Å². The van der Waals surface area contributed by atoms with Crippen LogP contribution in [0.4, 0.5) is 0 Å². The van der Waals surface area contributed by atoms with Gasteiger partial charge in [0.1, 0.15) is 5.76 Å². The monoisotopic (exact) mass is 561 g/mol. The van der Waals surface area contributed by atoms with Gasteiger partial charge < -0.3 is 15.1 Å². The Morgan fingerprint density at radius 1 is 1.23 bits per heavy atom. The molecule has 0 saturated carbocycles. The number of hydrogen-bond donors (Lipinski definition) is 2. The second-order valence-corrected chi connectivity index (χ2v) is 9.72. The number of aryl methyl sites for hydroxylation is 2. The lowest BCUT2D eigenvalue weighted by Crippen LogP contribution is -2.39. The largest absolute Gasteiger partial charge is 0.444 e. The first-order valence-electron chi connectivity index (χ1n) is 10.3. The van der Waals surface area contributed by atoms with E-state index >= 15 is 0 Å². The average Bonchev–Trinajstić information content (AvgIpc) is 3.06. The van der Waals surface area contributed by atoms with Crippen molar-refractivity contribution in [3.63, 3.8) is 0 Å². The number of rotatable bonds is 6. The summed E-state index contributed by atoms with van der Waals surface area (Å²) < 4.78 is 32.9. The number of guanidine groups is 1. The van der Waals surface area contributed by atoms with E-state index in [-0.39, 0.29) is 24.0 Å². The van der Waals surface area contributed by atoms with E-state index < -0.39 is 10.0 Å². The summed E-state index contributed by atoms with van der Waals surface area (Å²) in [6, 6.07) is 7.03. The molecule has 2 aromatic rings. The van der Waals surface area contributed by atoms with Crippen molar-refractivity contribution in [3.8, 4) is 0 Å². The number of nitrogens with zero attached hydrogens (tertiary/aromatic N) is 3. The maximum absolute atomic E-state index is 12.9. The molecule has 0 bridgehead atoms. The minimum atomic E-state index is -3.43. The molecule has 1 aromatic carbocycles. The van der Waals surface area contributed by atoms with Crippen LogP contribution in [0.5, 0.6) is 0 Å². The first-order chi connectivity index (χ1) is 14.3. The van der Waals surface area contributed by atoms with Crippen LogP contribution < -0.4 is 10.6 Å². The smallest absolute Gasteiger partial charge is 0.243 e. The van der Waals surface area contributed by atoms with Crippen LogP contribution >= 0.6 is 24.0 Å². The lowest BCUT2D eigenvalue weighted by molar-refractivity contribution is 0.281. The third-order valence-electron chi connectivity index (χ3n) is 5.34. The van der Waals surface area contributed by atoms with E-state index in [0.29, 0.717) is 48.8 Å². The summed E-state index contributed by atoms with van der Waals surface area (Å²) in [6.07, 6.45) is 2.00. The van der Waals surface area contributed by atoms with Crippen LogP contribution in [0.3, 0.4) is 0 Å². The van der Waals surface area contributed by atoms with Crippen LogP contribution in [-0.4, -0.2) is 43.8 Å². The molecule has 1 unspecified atom stereocenters. The van der Waals surface area contributed by atoms with Gasteiger partial charge in [-0.1, -0.05) is 19.1 Å². The third-order valence-corrected chi connectivity index (χ3v) is 7.22. The Morgan fingerprint density at radius 3 is 2.48 bits per heavy atom. The van der Waals surface area contributed by atoms with E-state index in [9.17, 15) is 8.42 Å². The molecule has 1 saturated heterocycles. The Kier molecular flexibility index (Phi) is 9.31. The van der Waals surface area contributed by atoms with Gasteiger partial charge in [-0.05, 0) is 50.3 Å². The Hall–Kier alpha value is -1.66. The maximum Gasteiger partial charge on any atom is 0.243 e. The summed E-state index contributed by atoms with van der Waals surface area (Å²) >= 11 is 0. The van der Waals surface area contributed by atoms with E-state index in [0.717, 1.165) is 29.9 Å². The maximum atomic E-state index is 12.9. The number of benzene rings is 1. The fourth-order valence-electron chi connectivity index (χ4n) is 3.47. The fraction of sp³-hybridized carbons (Fsp3) is 0.524. The molecule has 1 aromatic heterocycles. The first-order valence-corrected chi connectivity index (χ1v) is 11.7. The van der Waals surface area contributed by atoms with Crippen LogP contribution in [-0.2, 0) is 23.1 Å². The van der Waals surface area contributed by atoms with Crippen molar-refractivity contribution in [1.82, 2.24) is 19.9 Å². The number of oxazole rings is 1. The zero-order chi connectivity index (χ0) is 21.7. The Morgan fingerprint density at radius 2 is 1.90 bits per heavy atom. The lowest BCUT2D eigenvalue weighted by atomic mass is 10.0. The summed E-state index contributed by atoms with van der Waals surface area (Å²) in [6.45, 7) is 8.03. The molecule has 1 aliphatic heterocycles. The Labute approximate surface area is 202 Å². The highest BCUT2D eigenvalue weighted by Gasteiger charge is 2.28. The van der Waals surface area contributed by atoms with Crippen LogP contribution in [0, 0.1) is 19.8 Å². The van der Waals surface area contributed by atoms with E-state index in [1.54, 1.807) is 23.5 Å². The van der Waals surface area contributed by atoms with Crippen LogP contribution in [0.15, 0.2) is 38.6 Å². The van der Waals surface area contributed by atoms with E-state index in [1.807, 2.05) is 26.0 Å². The second-order valence-electron chi connectivity index (χ2n) is 7.78. The topological polar surface area (TPSA) is 99.8 Å². The average molecular weight is 561 g/mol. The molecule has 0 spiro atoms. The van der Waals surface area contributed by atoms with Crippen LogP contribution in [0.1, 0.15) is 42.7 Å². The van der Waals surface area contributed by atoms with Crippen molar-refractivity contribution >= 4 is 40.0 Å². The molecule has 8 nitrogen and oxygen atoms in total. The molecule has 1 atom stereocenters. The van der Waals surface area contributed by atoms with Crippen molar-refractivity contribution in [2.75, 3.05) is 20.1 Å². The van der Waals surface area contributed by atoms with E-state index in [2.05, 4.69) is 27.5 Å². The Balaban J connectivity index is 0.00000341. The SMILES string of the molecule is CN=C(NCc1ccc(S(=O)(=O)N2CCCC(C)C2)cc1)NCc1nc(C)c(C)o1.I. The van der Waals surface area contributed by atoms with Gasteiger partial charge in [-0.3, -0.25) is 4.99 Å². The van der Waals surface area contributed by atoms with Gasteiger partial charge in [-0.2, -0.15) is 4.31 Å². The lowest BCUT2D eigenvalue weighted by Gasteiger charge is -2.30. The number of hydrogen-bond acceptors (Lipinski definition) is 5. The van der Waals surface area contributed by atoms with Gasteiger partial charge in [0.05, 0.1) is 17.1 Å². The minimum Gasteiger partial charge on any atom is -0.444 e. The molecule has 2 N–H and O–H groups in total. The summed E-state index contributed by atoms with van der Waals surface area (Å²) in [7, 11) is -1.74. The zero-order valence-electron chi connectivity index (χ0n) is 18.5. The highest BCUT2D eigenvalue weighted by molar-refractivity contribution is 14.0. The number of aliphatic imine (C=N–C) groups is 1. The van der Waals surface area contributed by atoms with Gasteiger partial charge in [0.25, 0.3) is 0 Å². The highest BCUT2D eigenvalue weighted by atomic mass is 127. The molecule has 10 heteroatoms. The normalized spacial score (nSPS) is 17.8. The van der Waals surface area contributed by atoms with Crippen molar-refractivity contribution in [2.45, 2.75) is 51.6 Å². The zero-order valence-corrected chi connectivity index (χ0v) is 21.7. The Bertz CT molecular complexity index is 969. The molecular weight excluding hydrogens is 529 g/mol. The van der Waals surface area contributed by atoms with Gasteiger partial charge in [-0.25, -0.2) is 13.4 Å². The molecule has 3 rings (SSSR count). The molecule has 2 heterocycles.